The molecule has 1 aromatic heterocycles. The van der Waals surface area contributed by atoms with Gasteiger partial charge in [0.2, 0.25) is 5.89 Å². The van der Waals surface area contributed by atoms with E-state index in [9.17, 15) is 0 Å². The van der Waals surface area contributed by atoms with Crippen molar-refractivity contribution < 1.29 is 9.15 Å². The molecule has 4 rings (SSSR count). The number of rotatable bonds is 7. The fourth-order valence-corrected chi connectivity index (χ4v) is 3.29. The first-order chi connectivity index (χ1) is 11.2. The lowest BCUT2D eigenvalue weighted by atomic mass is 10.1. The number of hydrogen-bond donors (Lipinski definition) is 0. The Balaban J connectivity index is 1.47. The van der Waals surface area contributed by atoms with Gasteiger partial charge in [0.05, 0.1) is 12.8 Å². The molecule has 2 aliphatic rings. The molecule has 1 unspecified atom stereocenters. The van der Waals surface area contributed by atoms with Crippen LogP contribution in [0, 0.1) is 5.92 Å². The molecule has 1 heterocycles. The van der Waals surface area contributed by atoms with Crippen LogP contribution in [-0.4, -0.2) is 29.1 Å². The Bertz CT molecular complexity index is 656. The van der Waals surface area contributed by atoms with Crippen LogP contribution in [0.2, 0.25) is 0 Å². The van der Waals surface area contributed by atoms with E-state index in [1.807, 2.05) is 30.5 Å². The number of methoxy groups -OCH3 is 1. The molecule has 23 heavy (non-hydrogen) atoms. The van der Waals surface area contributed by atoms with E-state index in [0.29, 0.717) is 11.9 Å². The fraction of sp³-hybridized carbons (Fsp3) is 0.526. The highest BCUT2D eigenvalue weighted by Gasteiger charge is 2.39. The monoisotopic (exact) mass is 312 g/mol. The average Bonchev–Trinajstić information content (AvgIpc) is 3.50. The third-order valence-electron chi connectivity index (χ3n) is 5.08. The van der Waals surface area contributed by atoms with E-state index < -0.39 is 0 Å². The number of benzene rings is 1. The van der Waals surface area contributed by atoms with Crippen LogP contribution in [0.25, 0.3) is 11.5 Å². The van der Waals surface area contributed by atoms with Crippen LogP contribution < -0.4 is 4.74 Å². The lowest BCUT2D eigenvalue weighted by Crippen LogP contribution is -2.36. The van der Waals surface area contributed by atoms with Crippen molar-refractivity contribution in [3.63, 3.8) is 0 Å². The summed E-state index contributed by atoms with van der Waals surface area (Å²) < 4.78 is 10.9. The molecule has 0 aliphatic heterocycles. The lowest BCUT2D eigenvalue weighted by Gasteiger charge is -2.28. The van der Waals surface area contributed by atoms with Gasteiger partial charge in [-0.2, -0.15) is 0 Å². The predicted molar refractivity (Wildman–Crippen MR) is 89.2 cm³/mol. The second-order valence-electron chi connectivity index (χ2n) is 6.85. The summed E-state index contributed by atoms with van der Waals surface area (Å²) in [4.78, 5) is 7.33. The van der Waals surface area contributed by atoms with E-state index in [1.54, 1.807) is 7.11 Å². The van der Waals surface area contributed by atoms with E-state index in [4.69, 9.17) is 14.1 Å². The second kappa shape index (κ2) is 6.00. The van der Waals surface area contributed by atoms with Crippen LogP contribution in [0.5, 0.6) is 5.75 Å². The minimum Gasteiger partial charge on any atom is -0.497 e. The van der Waals surface area contributed by atoms with Gasteiger partial charge in [-0.1, -0.05) is 0 Å². The van der Waals surface area contributed by atoms with Crippen LogP contribution in [0.1, 0.15) is 38.3 Å². The molecule has 2 saturated carbocycles. The number of aromatic nitrogens is 1. The molecule has 1 atom stereocenters. The average molecular weight is 312 g/mol. The van der Waals surface area contributed by atoms with E-state index in [1.165, 1.54) is 25.7 Å². The quantitative estimate of drug-likeness (QED) is 0.771. The maximum absolute atomic E-state index is 5.70. The predicted octanol–water partition coefficient (Wildman–Crippen LogP) is 4.11. The van der Waals surface area contributed by atoms with Crippen molar-refractivity contribution in [3.05, 3.63) is 36.2 Å². The van der Waals surface area contributed by atoms with Crippen LogP contribution in [-0.2, 0) is 6.54 Å². The molecule has 2 aromatic rings. The summed E-state index contributed by atoms with van der Waals surface area (Å²) in [5, 5.41) is 0. The van der Waals surface area contributed by atoms with Crippen LogP contribution in [0.3, 0.4) is 0 Å². The molecule has 4 heteroatoms. The minimum atomic E-state index is 0.670. The zero-order chi connectivity index (χ0) is 15.8. The van der Waals surface area contributed by atoms with Gasteiger partial charge in [0.15, 0.2) is 0 Å². The van der Waals surface area contributed by atoms with Gasteiger partial charge in [0, 0.05) is 24.2 Å². The van der Waals surface area contributed by atoms with Gasteiger partial charge in [-0.15, -0.1) is 0 Å². The maximum Gasteiger partial charge on any atom is 0.226 e. The SMILES string of the molecule is COc1ccc(-c2nc(CN(C3CC3)C(C)C3CC3)co2)cc1. The highest BCUT2D eigenvalue weighted by Crippen LogP contribution is 2.40. The van der Waals surface area contributed by atoms with E-state index in [0.717, 1.165) is 35.5 Å². The van der Waals surface area contributed by atoms with Crippen LogP contribution >= 0.6 is 0 Å². The Labute approximate surface area is 137 Å². The first-order valence-corrected chi connectivity index (χ1v) is 8.59. The fourth-order valence-electron chi connectivity index (χ4n) is 3.29. The van der Waals surface area contributed by atoms with Gasteiger partial charge < -0.3 is 9.15 Å². The van der Waals surface area contributed by atoms with Gasteiger partial charge >= 0.3 is 0 Å². The molecule has 0 bridgehead atoms. The molecule has 0 radical (unpaired) electrons. The highest BCUT2D eigenvalue weighted by molar-refractivity contribution is 5.54. The molecule has 2 aliphatic carbocycles. The zero-order valence-electron chi connectivity index (χ0n) is 13.9. The number of hydrogen-bond acceptors (Lipinski definition) is 4. The van der Waals surface area contributed by atoms with E-state index in [-0.39, 0.29) is 0 Å². The summed E-state index contributed by atoms with van der Waals surface area (Å²) >= 11 is 0. The number of oxazole rings is 1. The van der Waals surface area contributed by atoms with Gasteiger partial charge in [-0.3, -0.25) is 4.90 Å². The summed E-state index contributed by atoms with van der Waals surface area (Å²) in [7, 11) is 1.67. The molecule has 4 nitrogen and oxygen atoms in total. The Hall–Kier alpha value is -1.81. The molecule has 0 saturated heterocycles. The molecular formula is C19H24N2O2. The van der Waals surface area contributed by atoms with Crippen molar-refractivity contribution in [2.75, 3.05) is 7.11 Å². The van der Waals surface area contributed by atoms with Crippen molar-refractivity contribution in [1.29, 1.82) is 0 Å². The first kappa shape index (κ1) is 14.8. The second-order valence-corrected chi connectivity index (χ2v) is 6.85. The minimum absolute atomic E-state index is 0.670. The van der Waals surface area contributed by atoms with E-state index >= 15 is 0 Å². The standard InChI is InChI=1S/C19H24N2O2/c1-13(14-3-4-14)21(17-7-8-17)11-16-12-23-19(20-16)15-5-9-18(22-2)10-6-15/h5-6,9-10,12-14,17H,3-4,7-8,11H2,1-2H3. The van der Waals surface area contributed by atoms with Gasteiger partial charge in [0.25, 0.3) is 0 Å². The van der Waals surface area contributed by atoms with Crippen molar-refractivity contribution in [2.45, 2.75) is 51.2 Å². The van der Waals surface area contributed by atoms with Gasteiger partial charge in [0.1, 0.15) is 12.0 Å². The van der Waals surface area contributed by atoms with Crippen molar-refractivity contribution in [3.8, 4) is 17.2 Å². The van der Waals surface area contributed by atoms with Crippen LogP contribution in [0.15, 0.2) is 34.9 Å². The van der Waals surface area contributed by atoms with Gasteiger partial charge in [-0.25, -0.2) is 4.98 Å². The summed E-state index contributed by atoms with van der Waals surface area (Å²) in [6, 6.07) is 9.27. The zero-order valence-corrected chi connectivity index (χ0v) is 13.9. The molecule has 2 fully saturated rings. The van der Waals surface area contributed by atoms with Crippen molar-refractivity contribution in [2.24, 2.45) is 5.92 Å². The molecular weight excluding hydrogens is 288 g/mol. The third-order valence-corrected chi connectivity index (χ3v) is 5.08. The molecule has 0 amide bonds. The molecule has 0 spiro atoms. The van der Waals surface area contributed by atoms with Crippen molar-refractivity contribution in [1.82, 2.24) is 9.88 Å². The summed E-state index contributed by atoms with van der Waals surface area (Å²) in [5.41, 5.74) is 2.03. The summed E-state index contributed by atoms with van der Waals surface area (Å²) in [5.74, 6) is 2.43. The summed E-state index contributed by atoms with van der Waals surface area (Å²) in [6.45, 7) is 3.28. The van der Waals surface area contributed by atoms with E-state index in [2.05, 4.69) is 11.8 Å². The van der Waals surface area contributed by atoms with Crippen molar-refractivity contribution >= 4 is 0 Å². The topological polar surface area (TPSA) is 38.5 Å². The Morgan fingerprint density at radius 1 is 1.22 bits per heavy atom. The summed E-state index contributed by atoms with van der Waals surface area (Å²) in [6.07, 6.45) is 7.26. The normalized spacial score (nSPS) is 19.1. The maximum atomic E-state index is 5.70. The first-order valence-electron chi connectivity index (χ1n) is 8.59. The number of ether oxygens (including phenoxy) is 1. The largest absolute Gasteiger partial charge is 0.497 e. The molecule has 1 aromatic carbocycles. The smallest absolute Gasteiger partial charge is 0.226 e. The van der Waals surface area contributed by atoms with Gasteiger partial charge in [-0.05, 0) is 62.8 Å². The molecule has 122 valence electrons. The lowest BCUT2D eigenvalue weighted by molar-refractivity contribution is 0.168. The number of nitrogens with zero attached hydrogens (tertiary/aromatic N) is 2. The third kappa shape index (κ3) is 3.27. The Morgan fingerprint density at radius 3 is 2.57 bits per heavy atom. The van der Waals surface area contributed by atoms with Crippen LogP contribution in [0.4, 0.5) is 0 Å². The Morgan fingerprint density at radius 2 is 1.96 bits per heavy atom. The molecule has 0 N–H and O–H groups in total. The Kier molecular flexibility index (Phi) is 3.85. The highest BCUT2D eigenvalue weighted by atomic mass is 16.5.